The zero-order chi connectivity index (χ0) is 18.1. The first-order chi connectivity index (χ1) is 11.5. The van der Waals surface area contributed by atoms with Crippen LogP contribution < -0.4 is 0 Å². The summed E-state index contributed by atoms with van der Waals surface area (Å²) in [6.45, 7) is 8.67. The second-order valence-electron chi connectivity index (χ2n) is 5.72. The molecule has 0 aliphatic heterocycles. The van der Waals surface area contributed by atoms with Gasteiger partial charge in [0.1, 0.15) is 5.75 Å². The van der Waals surface area contributed by atoms with Crippen LogP contribution in [0.15, 0.2) is 71.3 Å². The summed E-state index contributed by atoms with van der Waals surface area (Å²) in [5, 5.41) is 9.27. The van der Waals surface area contributed by atoms with Crippen molar-refractivity contribution in [2.24, 2.45) is 5.92 Å². The number of phenols is 1. The molecule has 1 atom stereocenters. The standard InChI is InChI=1S/C12H10O.C9H13.CH2.2ClH.Ti/c13-12-8-4-7-11(9-12)10-5-2-1-3-6-10;1-6-5-7(2)9(4)8(6)3;;;;/h1-9,13H;6H,1-4H3;1H2;2*1H;/q;-1;;;;+1. The predicted octanol–water partition coefficient (Wildman–Crippen LogP) is 6.59. The Morgan fingerprint density at radius 2 is 1.42 bits per heavy atom. The van der Waals surface area contributed by atoms with Gasteiger partial charge in [0, 0.05) is 0 Å². The van der Waals surface area contributed by atoms with E-state index >= 15 is 0 Å². The van der Waals surface area contributed by atoms with E-state index in [0.29, 0.717) is 11.7 Å². The van der Waals surface area contributed by atoms with Gasteiger partial charge in [-0.15, -0.1) is 31.7 Å². The molecule has 0 aromatic heterocycles. The Labute approximate surface area is 182 Å². The van der Waals surface area contributed by atoms with Crippen molar-refractivity contribution in [2.45, 2.75) is 27.7 Å². The van der Waals surface area contributed by atoms with Gasteiger partial charge in [-0.25, -0.2) is 5.57 Å². The molecular weight excluding hydrogens is 399 g/mol. The number of phenolic OH excluding ortho intramolecular Hbond substituents is 1. The molecule has 0 spiro atoms. The van der Waals surface area contributed by atoms with Gasteiger partial charge in [-0.1, -0.05) is 69.2 Å². The summed E-state index contributed by atoms with van der Waals surface area (Å²) in [4.78, 5) is 3.25. The molecule has 4 heteroatoms. The Bertz CT molecular complexity index is 724. The Morgan fingerprint density at radius 3 is 1.81 bits per heavy atom. The van der Waals surface area contributed by atoms with Crippen LogP contribution in [0.3, 0.4) is 0 Å². The molecule has 1 aliphatic rings. The Balaban J connectivity index is 0. The second kappa shape index (κ2) is 14.0. The fourth-order valence-electron chi connectivity index (χ4n) is 2.48. The minimum absolute atomic E-state index is 0. The number of allylic oxidation sites excluding steroid dienone is 4. The van der Waals surface area contributed by atoms with E-state index in [4.69, 9.17) is 0 Å². The number of hydrogen-bond donors (Lipinski definition) is 1. The molecule has 0 fully saturated rings. The van der Waals surface area contributed by atoms with Gasteiger partial charge >= 0.3 is 24.8 Å². The summed E-state index contributed by atoms with van der Waals surface area (Å²) in [6.07, 6.45) is 3.36. The SMILES string of the molecule is CC1=[C-]C(C)C(C)=C1C.Cl.Cl.Oc1cccc(-c2ccccc2)c1.[CH2]=[Ti+]. The normalized spacial score (nSPS) is 14.5. The van der Waals surface area contributed by atoms with E-state index in [2.05, 4.69) is 38.6 Å². The van der Waals surface area contributed by atoms with Crippen molar-refractivity contribution in [3.8, 4) is 16.9 Å². The molecule has 2 aromatic carbocycles. The van der Waals surface area contributed by atoms with Crippen LogP contribution >= 0.6 is 24.8 Å². The average molecular weight is 426 g/mol. The molecule has 0 saturated heterocycles. The van der Waals surface area contributed by atoms with Crippen LogP contribution in [0.1, 0.15) is 27.7 Å². The average Bonchev–Trinajstić information content (AvgIpc) is 2.84. The van der Waals surface area contributed by atoms with Crippen molar-refractivity contribution in [1.82, 2.24) is 0 Å². The van der Waals surface area contributed by atoms with Crippen LogP contribution in [0, 0.1) is 12.0 Å². The van der Waals surface area contributed by atoms with E-state index in [1.165, 1.54) is 16.7 Å². The number of benzene rings is 2. The van der Waals surface area contributed by atoms with Gasteiger partial charge in [0.25, 0.3) is 0 Å². The molecule has 139 valence electrons. The quantitative estimate of drug-likeness (QED) is 0.403. The maximum atomic E-state index is 9.27. The van der Waals surface area contributed by atoms with Crippen molar-refractivity contribution in [2.75, 3.05) is 0 Å². The van der Waals surface area contributed by atoms with Crippen LogP contribution in [0.4, 0.5) is 0 Å². The molecule has 1 nitrogen and oxygen atoms in total. The summed E-state index contributed by atoms with van der Waals surface area (Å²) in [6, 6.07) is 17.3. The summed E-state index contributed by atoms with van der Waals surface area (Å²) < 4.78 is 0. The molecule has 1 unspecified atom stereocenters. The van der Waals surface area contributed by atoms with E-state index in [9.17, 15) is 5.11 Å². The molecule has 1 N–H and O–H groups in total. The van der Waals surface area contributed by atoms with Crippen LogP contribution in [-0.2, 0) is 20.0 Å². The first kappa shape index (κ1) is 27.1. The maximum absolute atomic E-state index is 9.27. The van der Waals surface area contributed by atoms with Gasteiger partial charge in [0.15, 0.2) is 0 Å². The van der Waals surface area contributed by atoms with Crippen molar-refractivity contribution < 1.29 is 25.1 Å². The molecular formula is C22H27Cl2OTi. The monoisotopic (exact) mass is 425 g/mol. The van der Waals surface area contributed by atoms with Gasteiger partial charge < -0.3 is 5.11 Å². The number of halogens is 2. The van der Waals surface area contributed by atoms with E-state index in [-0.39, 0.29) is 24.8 Å². The van der Waals surface area contributed by atoms with Crippen molar-refractivity contribution in [3.05, 3.63) is 77.4 Å². The molecule has 0 heterocycles. The van der Waals surface area contributed by atoms with Crippen molar-refractivity contribution in [1.29, 1.82) is 0 Å². The van der Waals surface area contributed by atoms with Gasteiger partial charge in [0.2, 0.25) is 0 Å². The topological polar surface area (TPSA) is 20.2 Å². The fourth-order valence-corrected chi connectivity index (χ4v) is 2.48. The third-order valence-corrected chi connectivity index (χ3v) is 4.19. The van der Waals surface area contributed by atoms with Crippen LogP contribution in [0.25, 0.3) is 11.1 Å². The Hall–Kier alpha value is -1.12. The summed E-state index contributed by atoms with van der Waals surface area (Å²) in [5.41, 5.74) is 6.41. The summed E-state index contributed by atoms with van der Waals surface area (Å²) in [7, 11) is 0. The molecule has 3 rings (SSSR count). The van der Waals surface area contributed by atoms with Gasteiger partial charge in [-0.2, -0.15) is 11.1 Å². The fraction of sp³-hybridized carbons (Fsp3) is 0.227. The Morgan fingerprint density at radius 1 is 0.885 bits per heavy atom. The van der Waals surface area contributed by atoms with Crippen LogP contribution in [0.2, 0.25) is 0 Å². The predicted molar refractivity (Wildman–Crippen MR) is 115 cm³/mol. The molecule has 2 aromatic rings. The number of aromatic hydroxyl groups is 1. The van der Waals surface area contributed by atoms with E-state index in [0.717, 1.165) is 11.1 Å². The third kappa shape index (κ3) is 8.06. The van der Waals surface area contributed by atoms with Crippen molar-refractivity contribution >= 4 is 29.6 Å². The Kier molecular flexibility index (Phi) is 14.6. The zero-order valence-corrected chi connectivity index (χ0v) is 18.9. The molecule has 26 heavy (non-hydrogen) atoms. The van der Waals surface area contributed by atoms with Gasteiger partial charge in [-0.05, 0) is 23.3 Å². The summed E-state index contributed by atoms with van der Waals surface area (Å²) in [5.74, 6) is 0.867. The first-order valence-electron chi connectivity index (χ1n) is 7.96. The number of hydrogen-bond acceptors (Lipinski definition) is 1. The third-order valence-electron chi connectivity index (χ3n) is 4.19. The number of rotatable bonds is 1. The van der Waals surface area contributed by atoms with E-state index in [1.807, 2.05) is 42.5 Å². The molecule has 1 aliphatic carbocycles. The first-order valence-corrected chi connectivity index (χ1v) is 9.07. The summed E-state index contributed by atoms with van der Waals surface area (Å²) >= 11 is 1.75. The van der Waals surface area contributed by atoms with Crippen molar-refractivity contribution in [3.63, 3.8) is 0 Å². The van der Waals surface area contributed by atoms with E-state index < -0.39 is 0 Å². The molecule has 0 amide bonds. The zero-order valence-electron chi connectivity index (χ0n) is 15.7. The van der Waals surface area contributed by atoms with Gasteiger partial charge in [0.05, 0.1) is 0 Å². The minimum atomic E-state index is 0. The van der Waals surface area contributed by atoms with Crippen LogP contribution in [0.5, 0.6) is 5.75 Å². The van der Waals surface area contributed by atoms with E-state index in [1.54, 1.807) is 32.1 Å². The van der Waals surface area contributed by atoms with Gasteiger partial charge in [-0.3, -0.25) is 6.08 Å². The molecule has 0 saturated carbocycles. The molecule has 0 radical (unpaired) electrons. The second-order valence-corrected chi connectivity index (χ2v) is 5.72. The molecule has 0 bridgehead atoms. The van der Waals surface area contributed by atoms with Crippen LogP contribution in [-0.4, -0.2) is 9.92 Å².